The lowest BCUT2D eigenvalue weighted by molar-refractivity contribution is -0.690. The van der Waals surface area contributed by atoms with E-state index < -0.39 is 0 Å². The van der Waals surface area contributed by atoms with Crippen LogP contribution in [0.25, 0.3) is 5.53 Å². The van der Waals surface area contributed by atoms with E-state index in [4.69, 9.17) is 4.74 Å². The van der Waals surface area contributed by atoms with Gasteiger partial charge in [0.2, 0.25) is 11.8 Å². The van der Waals surface area contributed by atoms with Gasteiger partial charge in [-0.25, -0.2) is 4.58 Å². The van der Waals surface area contributed by atoms with Crippen molar-refractivity contribution in [2.75, 3.05) is 20.2 Å². The molecular formula is C19H26N3O+. The highest BCUT2D eigenvalue weighted by molar-refractivity contribution is 5.65. The highest BCUT2D eigenvalue weighted by atomic mass is 16.5. The molecule has 1 saturated heterocycles. The molecule has 0 radical (unpaired) electrons. The minimum atomic E-state index is -0.120. The van der Waals surface area contributed by atoms with E-state index in [2.05, 4.69) is 22.9 Å². The normalized spacial score (nSPS) is 32.9. The third kappa shape index (κ3) is 2.39. The zero-order valence-electron chi connectivity index (χ0n) is 14.0. The van der Waals surface area contributed by atoms with Crippen molar-refractivity contribution in [3.8, 4) is 5.75 Å². The van der Waals surface area contributed by atoms with Crippen LogP contribution in [0.3, 0.4) is 0 Å². The Morgan fingerprint density at radius 1 is 1.04 bits per heavy atom. The standard InChI is InChI=1S/C19H26N3O/c1-23-17-6-4-16(5-7-17)14-18-8-2-9-19(22(18)20)11-13-21(15-19)12-3-10-18/h4-7,15H,2-3,8-14H2,1H3/q+1. The molecule has 1 spiro atoms. The summed E-state index contributed by atoms with van der Waals surface area (Å²) in [7, 11) is 1.70. The fourth-order valence-corrected chi connectivity index (χ4v) is 4.96. The lowest BCUT2D eigenvalue weighted by Crippen LogP contribution is -2.58. The zero-order chi connectivity index (χ0) is 15.9. The molecule has 23 heavy (non-hydrogen) atoms. The Labute approximate surface area is 138 Å². The Kier molecular flexibility index (Phi) is 3.51. The van der Waals surface area contributed by atoms with E-state index in [1.165, 1.54) is 12.0 Å². The van der Waals surface area contributed by atoms with Crippen LogP contribution in [0, 0.1) is 0 Å². The molecule has 0 saturated carbocycles. The highest BCUT2D eigenvalue weighted by Crippen LogP contribution is 2.43. The summed E-state index contributed by atoms with van der Waals surface area (Å²) >= 11 is 0. The van der Waals surface area contributed by atoms with Crippen LogP contribution in [0.1, 0.15) is 44.1 Å². The van der Waals surface area contributed by atoms with Crippen molar-refractivity contribution in [1.29, 1.82) is 0 Å². The van der Waals surface area contributed by atoms with E-state index in [0.717, 1.165) is 57.4 Å². The van der Waals surface area contributed by atoms with Gasteiger partial charge in [-0.15, -0.1) is 0 Å². The Hall–Kier alpha value is -1.71. The monoisotopic (exact) mass is 312 g/mol. The summed E-state index contributed by atoms with van der Waals surface area (Å²) in [6.45, 7) is 2.23. The van der Waals surface area contributed by atoms with Gasteiger partial charge in [-0.3, -0.25) is 0 Å². The first-order valence-corrected chi connectivity index (χ1v) is 8.88. The van der Waals surface area contributed by atoms with Crippen LogP contribution >= 0.6 is 0 Å². The Morgan fingerprint density at radius 3 is 2.61 bits per heavy atom. The van der Waals surface area contributed by atoms with Gasteiger partial charge in [-0.1, -0.05) is 12.1 Å². The van der Waals surface area contributed by atoms with Crippen molar-refractivity contribution in [2.24, 2.45) is 0 Å². The maximum Gasteiger partial charge on any atom is 0.233 e. The molecule has 0 aromatic heterocycles. The van der Waals surface area contributed by atoms with Gasteiger partial charge >= 0.3 is 0 Å². The molecule has 3 aliphatic rings. The van der Waals surface area contributed by atoms with Crippen molar-refractivity contribution < 1.29 is 14.0 Å². The first-order valence-electron chi connectivity index (χ1n) is 8.88. The third-order valence-electron chi connectivity index (χ3n) is 6.16. The predicted molar refractivity (Wildman–Crippen MR) is 89.5 cm³/mol. The topological polar surface area (TPSA) is 37.5 Å². The number of fused-ring (bicyclic) bond motifs is 1. The molecule has 2 atom stereocenters. The first kappa shape index (κ1) is 14.9. The fraction of sp³-hybridized carbons (Fsp3) is 0.632. The van der Waals surface area contributed by atoms with Gasteiger partial charge in [0.1, 0.15) is 18.8 Å². The molecule has 1 aromatic rings. The highest BCUT2D eigenvalue weighted by Gasteiger charge is 2.57. The molecule has 4 nitrogen and oxygen atoms in total. The SMILES string of the molecule is COc1ccc(CC23CCC[N+]4=CC(CCC2)(CC4)[N+]3=[N-])cc1. The van der Waals surface area contributed by atoms with Crippen LogP contribution in [-0.4, -0.2) is 46.8 Å². The number of benzene rings is 1. The van der Waals surface area contributed by atoms with E-state index in [1.807, 2.05) is 12.1 Å². The largest absolute Gasteiger partial charge is 0.505 e. The van der Waals surface area contributed by atoms with E-state index in [1.54, 1.807) is 11.8 Å². The average molecular weight is 312 g/mol. The van der Waals surface area contributed by atoms with E-state index in [-0.39, 0.29) is 11.1 Å². The lowest BCUT2D eigenvalue weighted by Gasteiger charge is -2.44. The number of rotatable bonds is 3. The summed E-state index contributed by atoms with van der Waals surface area (Å²) in [6, 6.07) is 8.34. The van der Waals surface area contributed by atoms with E-state index in [9.17, 15) is 5.53 Å². The van der Waals surface area contributed by atoms with Gasteiger partial charge in [-0.2, -0.15) is 0 Å². The van der Waals surface area contributed by atoms with Gasteiger partial charge in [0.25, 0.3) is 0 Å². The molecular weight excluding hydrogens is 286 g/mol. The summed E-state index contributed by atoms with van der Waals surface area (Å²) in [6.07, 6.45) is 9.92. The van der Waals surface area contributed by atoms with Crippen LogP contribution in [0.4, 0.5) is 0 Å². The fourth-order valence-electron chi connectivity index (χ4n) is 4.96. The van der Waals surface area contributed by atoms with Gasteiger partial charge in [0.05, 0.1) is 13.5 Å². The lowest BCUT2D eigenvalue weighted by atomic mass is 9.73. The Balaban J connectivity index is 1.67. The second kappa shape index (κ2) is 5.43. The molecule has 0 N–H and O–H groups in total. The quantitative estimate of drug-likeness (QED) is 0.790. The van der Waals surface area contributed by atoms with Crippen LogP contribution in [-0.2, 0) is 6.42 Å². The molecule has 4 heteroatoms. The minimum Gasteiger partial charge on any atom is -0.505 e. The summed E-state index contributed by atoms with van der Waals surface area (Å²) in [5.41, 5.74) is 12.3. The molecule has 3 heterocycles. The van der Waals surface area contributed by atoms with Gasteiger partial charge in [0, 0.05) is 32.1 Å². The average Bonchev–Trinajstić information content (AvgIpc) is 2.97. The number of methoxy groups -OCH3 is 1. The Bertz CT molecular complexity index is 651. The molecule has 122 valence electrons. The first-order chi connectivity index (χ1) is 11.2. The van der Waals surface area contributed by atoms with Crippen molar-refractivity contribution in [2.45, 2.75) is 56.0 Å². The van der Waals surface area contributed by atoms with Crippen molar-refractivity contribution >= 4 is 6.21 Å². The maximum atomic E-state index is 11.2. The van der Waals surface area contributed by atoms with Crippen molar-refractivity contribution in [3.63, 3.8) is 0 Å². The van der Waals surface area contributed by atoms with Crippen LogP contribution in [0.15, 0.2) is 24.3 Å². The zero-order valence-corrected chi connectivity index (χ0v) is 14.0. The molecule has 4 rings (SSSR count). The summed E-state index contributed by atoms with van der Waals surface area (Å²) in [5.74, 6) is 0.893. The molecule has 0 amide bonds. The molecule has 2 unspecified atom stereocenters. The van der Waals surface area contributed by atoms with E-state index >= 15 is 0 Å². The Morgan fingerprint density at radius 2 is 1.83 bits per heavy atom. The van der Waals surface area contributed by atoms with Crippen LogP contribution < -0.4 is 4.74 Å². The summed E-state index contributed by atoms with van der Waals surface area (Å²) in [5, 5.41) is 0. The number of hydrogen-bond donors (Lipinski definition) is 0. The van der Waals surface area contributed by atoms with Crippen molar-refractivity contribution in [1.82, 2.24) is 0 Å². The predicted octanol–water partition coefficient (Wildman–Crippen LogP) is 3.21. The number of hydrogen-bond acceptors (Lipinski definition) is 1. The summed E-state index contributed by atoms with van der Waals surface area (Å²) in [4.78, 5) is 0. The molecule has 1 fully saturated rings. The van der Waals surface area contributed by atoms with Crippen molar-refractivity contribution in [3.05, 3.63) is 35.4 Å². The molecule has 0 aliphatic carbocycles. The summed E-state index contributed by atoms with van der Waals surface area (Å²) < 4.78 is 9.46. The third-order valence-corrected chi connectivity index (χ3v) is 6.16. The second-order valence-electron chi connectivity index (χ2n) is 7.54. The number of ether oxygens (including phenoxy) is 1. The van der Waals surface area contributed by atoms with Gasteiger partial charge < -0.3 is 15.0 Å². The van der Waals surface area contributed by atoms with Crippen LogP contribution in [0.5, 0.6) is 5.75 Å². The molecule has 1 aromatic carbocycles. The van der Waals surface area contributed by atoms with Gasteiger partial charge in [0.15, 0.2) is 5.54 Å². The second-order valence-corrected chi connectivity index (χ2v) is 7.54. The smallest absolute Gasteiger partial charge is 0.233 e. The number of piperidine rings is 1. The van der Waals surface area contributed by atoms with Crippen LogP contribution in [0.2, 0.25) is 0 Å². The molecule has 3 bridgehead atoms. The van der Waals surface area contributed by atoms with E-state index in [0.29, 0.717) is 0 Å². The maximum absolute atomic E-state index is 11.2. The number of nitrogens with zero attached hydrogens (tertiary/aromatic N) is 3. The molecule has 3 aliphatic heterocycles. The minimum absolute atomic E-state index is 0.111. The van der Waals surface area contributed by atoms with Gasteiger partial charge in [-0.05, 0) is 24.1 Å².